The molecule has 0 saturated carbocycles. The van der Waals surface area contributed by atoms with Crippen LogP contribution < -0.4 is 4.90 Å². The van der Waals surface area contributed by atoms with Gasteiger partial charge in [-0.2, -0.15) is 4.58 Å². The average Bonchev–Trinajstić information content (AvgIpc) is 3.46. The minimum absolute atomic E-state index is 0.0129. The Labute approximate surface area is 288 Å². The van der Waals surface area contributed by atoms with Crippen LogP contribution in [0.3, 0.4) is 0 Å². The van der Waals surface area contributed by atoms with Crippen molar-refractivity contribution < 1.29 is 24.4 Å². The standard InChI is InChI=1S/C43H42N2O4/c1-5-26-42(3)36(44(28-24-38(46)47)34-22-20-30-14-10-12-16-32(30)40(34)42)18-8-7-9-19-37-43(4,27-6-2)41-33-17-13-11-15-31(33)21-23-35(41)45(37)29-25-39(48)49/h5-23H,1-2,24-29H2,3-4H3,(H-,46,47,48,49)/p+1. The first-order valence-corrected chi connectivity index (χ1v) is 16.8. The van der Waals surface area contributed by atoms with Gasteiger partial charge in [0.2, 0.25) is 5.69 Å². The lowest BCUT2D eigenvalue weighted by molar-refractivity contribution is -0.436. The highest BCUT2D eigenvalue weighted by molar-refractivity contribution is 6.08. The Kier molecular flexibility index (Phi) is 9.24. The first-order valence-electron chi connectivity index (χ1n) is 16.8. The summed E-state index contributed by atoms with van der Waals surface area (Å²) in [5.41, 5.74) is 5.65. The van der Waals surface area contributed by atoms with Crippen molar-refractivity contribution in [3.05, 3.63) is 145 Å². The molecule has 6 rings (SSSR count). The van der Waals surface area contributed by atoms with E-state index in [0.717, 1.165) is 44.3 Å². The summed E-state index contributed by atoms with van der Waals surface area (Å²) in [6.07, 6.45) is 15.5. The molecule has 49 heavy (non-hydrogen) atoms. The van der Waals surface area contributed by atoms with Crippen LogP contribution in [-0.4, -0.2) is 45.5 Å². The molecule has 0 amide bonds. The van der Waals surface area contributed by atoms with E-state index >= 15 is 0 Å². The predicted molar refractivity (Wildman–Crippen MR) is 200 cm³/mol. The Morgan fingerprint density at radius 2 is 1.37 bits per heavy atom. The number of hydrogen-bond acceptors (Lipinski definition) is 3. The van der Waals surface area contributed by atoms with Crippen molar-refractivity contribution in [2.75, 3.05) is 18.0 Å². The molecule has 2 heterocycles. The van der Waals surface area contributed by atoms with Crippen molar-refractivity contribution in [2.24, 2.45) is 0 Å². The van der Waals surface area contributed by atoms with Crippen LogP contribution in [0.2, 0.25) is 0 Å². The number of fused-ring (bicyclic) bond motifs is 6. The Morgan fingerprint density at radius 1 is 0.755 bits per heavy atom. The highest BCUT2D eigenvalue weighted by Crippen LogP contribution is 2.53. The van der Waals surface area contributed by atoms with Crippen molar-refractivity contribution in [1.82, 2.24) is 0 Å². The molecule has 4 aromatic rings. The zero-order chi connectivity index (χ0) is 34.8. The highest BCUT2D eigenvalue weighted by Gasteiger charge is 2.48. The van der Waals surface area contributed by atoms with E-state index in [1.54, 1.807) is 0 Å². The van der Waals surface area contributed by atoms with Crippen molar-refractivity contribution in [3.8, 4) is 0 Å². The van der Waals surface area contributed by atoms with Crippen LogP contribution in [-0.2, 0) is 20.4 Å². The van der Waals surface area contributed by atoms with Crippen LogP contribution in [0.25, 0.3) is 21.5 Å². The predicted octanol–water partition coefficient (Wildman–Crippen LogP) is 9.23. The van der Waals surface area contributed by atoms with Crippen molar-refractivity contribution >= 4 is 50.6 Å². The monoisotopic (exact) mass is 651 g/mol. The Bertz CT molecular complexity index is 2120. The number of aliphatic carboxylic acids is 2. The third-order valence-corrected chi connectivity index (χ3v) is 10.1. The van der Waals surface area contributed by atoms with E-state index in [-0.39, 0.29) is 12.8 Å². The van der Waals surface area contributed by atoms with E-state index in [0.29, 0.717) is 25.9 Å². The molecular formula is C43H43N2O4+. The van der Waals surface area contributed by atoms with Gasteiger partial charge in [-0.3, -0.25) is 9.59 Å². The van der Waals surface area contributed by atoms with Gasteiger partial charge in [-0.15, -0.1) is 13.2 Å². The number of carbonyl (C=O) groups is 2. The second-order valence-corrected chi connectivity index (χ2v) is 13.3. The summed E-state index contributed by atoms with van der Waals surface area (Å²) >= 11 is 0. The van der Waals surface area contributed by atoms with Gasteiger partial charge in [0, 0.05) is 41.1 Å². The number of anilines is 1. The molecule has 6 nitrogen and oxygen atoms in total. The van der Waals surface area contributed by atoms with E-state index in [1.807, 2.05) is 54.6 Å². The third-order valence-electron chi connectivity index (χ3n) is 10.1. The molecular weight excluding hydrogens is 608 g/mol. The largest absolute Gasteiger partial charge is 0.481 e. The number of carboxylic acids is 2. The van der Waals surface area contributed by atoms with Crippen molar-refractivity contribution in [1.29, 1.82) is 0 Å². The van der Waals surface area contributed by atoms with Crippen LogP contribution in [0, 0.1) is 0 Å². The maximum absolute atomic E-state index is 11.7. The average molecular weight is 652 g/mol. The molecule has 248 valence electrons. The zero-order valence-corrected chi connectivity index (χ0v) is 28.2. The molecule has 0 bridgehead atoms. The quantitative estimate of drug-likeness (QED) is 0.0856. The summed E-state index contributed by atoms with van der Waals surface area (Å²) in [5, 5.41) is 23.9. The lowest BCUT2D eigenvalue weighted by atomic mass is 9.74. The normalized spacial score (nSPS) is 20.9. The second kappa shape index (κ2) is 13.6. The van der Waals surface area contributed by atoms with Gasteiger partial charge in [-0.1, -0.05) is 85.0 Å². The lowest BCUT2D eigenvalue weighted by Gasteiger charge is -2.29. The highest BCUT2D eigenvalue weighted by atomic mass is 16.4. The molecule has 0 aliphatic carbocycles. The maximum Gasteiger partial charge on any atom is 0.309 e. The van der Waals surface area contributed by atoms with Gasteiger partial charge in [0.1, 0.15) is 6.42 Å². The molecule has 2 N–H and O–H groups in total. The SMILES string of the molecule is C=CCC1(C)C(/C=C/C=C/C=C2/N(CCC(=O)O)c3ccc4ccccc4c3C2(C)CC=C)=[N+](CCC(=O)O)c2ccc3ccccc3c21. The number of hydrogen-bond donors (Lipinski definition) is 2. The summed E-state index contributed by atoms with van der Waals surface area (Å²) in [7, 11) is 0. The van der Waals surface area contributed by atoms with Crippen LogP contribution in [0.5, 0.6) is 0 Å². The van der Waals surface area contributed by atoms with Gasteiger partial charge in [-0.05, 0) is 72.0 Å². The fourth-order valence-electron chi connectivity index (χ4n) is 8.03. The van der Waals surface area contributed by atoms with Gasteiger partial charge in [-0.25, -0.2) is 0 Å². The maximum atomic E-state index is 11.7. The summed E-state index contributed by atoms with van der Waals surface area (Å²) in [6.45, 7) is 13.3. The molecule has 0 spiro atoms. The van der Waals surface area contributed by atoms with Crippen LogP contribution >= 0.6 is 0 Å². The van der Waals surface area contributed by atoms with Gasteiger partial charge >= 0.3 is 11.9 Å². The number of allylic oxidation sites excluding steroid dienone is 8. The van der Waals surface area contributed by atoms with E-state index in [2.05, 4.69) is 97.2 Å². The van der Waals surface area contributed by atoms with E-state index in [4.69, 9.17) is 0 Å². The minimum atomic E-state index is -0.838. The van der Waals surface area contributed by atoms with Gasteiger partial charge in [0.15, 0.2) is 12.3 Å². The second-order valence-electron chi connectivity index (χ2n) is 13.3. The smallest absolute Gasteiger partial charge is 0.309 e. The fourth-order valence-corrected chi connectivity index (χ4v) is 8.03. The summed E-state index contributed by atoms with van der Waals surface area (Å²) < 4.78 is 2.15. The summed E-state index contributed by atoms with van der Waals surface area (Å²) in [5.74, 6) is -1.68. The number of nitrogens with zero attached hydrogens (tertiary/aromatic N) is 2. The topological polar surface area (TPSA) is 80.9 Å². The summed E-state index contributed by atoms with van der Waals surface area (Å²) in [6, 6.07) is 25.1. The number of benzene rings is 4. The van der Waals surface area contributed by atoms with Gasteiger partial charge in [0.05, 0.1) is 11.8 Å². The van der Waals surface area contributed by atoms with E-state index in [9.17, 15) is 19.8 Å². The van der Waals surface area contributed by atoms with Gasteiger partial charge < -0.3 is 15.1 Å². The summed E-state index contributed by atoms with van der Waals surface area (Å²) in [4.78, 5) is 25.6. The first kappa shape index (κ1) is 33.4. The van der Waals surface area contributed by atoms with E-state index < -0.39 is 22.8 Å². The van der Waals surface area contributed by atoms with Crippen molar-refractivity contribution in [2.45, 2.75) is 50.4 Å². The molecule has 0 aromatic heterocycles. The first-order chi connectivity index (χ1) is 23.6. The molecule has 0 radical (unpaired) electrons. The minimum Gasteiger partial charge on any atom is -0.481 e. The molecule has 2 aliphatic rings. The van der Waals surface area contributed by atoms with Gasteiger partial charge in [0.25, 0.3) is 0 Å². The molecule has 0 fully saturated rings. The van der Waals surface area contributed by atoms with Crippen molar-refractivity contribution in [3.63, 3.8) is 0 Å². The fraction of sp³-hybridized carbons (Fsp3) is 0.233. The molecule has 4 aromatic carbocycles. The molecule has 0 saturated heterocycles. The molecule has 6 heteroatoms. The number of rotatable bonds is 13. The van der Waals surface area contributed by atoms with Crippen LogP contribution in [0.15, 0.2) is 134 Å². The zero-order valence-electron chi connectivity index (χ0n) is 28.2. The Morgan fingerprint density at radius 3 is 2.02 bits per heavy atom. The van der Waals surface area contributed by atoms with Crippen LogP contribution in [0.1, 0.15) is 50.7 Å². The molecule has 2 unspecified atom stereocenters. The lowest BCUT2D eigenvalue weighted by Crippen LogP contribution is -2.31. The number of carboxylic acid groups (broad SMARTS) is 2. The van der Waals surface area contributed by atoms with Crippen LogP contribution in [0.4, 0.5) is 11.4 Å². The van der Waals surface area contributed by atoms with E-state index in [1.165, 1.54) is 11.1 Å². The Hall–Kier alpha value is -5.49. The Balaban J connectivity index is 1.42. The third kappa shape index (κ3) is 5.92. The molecule has 2 aliphatic heterocycles. The molecule has 2 atom stereocenters.